The smallest absolute Gasteiger partial charge is 0.404 e. The van der Waals surface area contributed by atoms with Crippen molar-refractivity contribution in [2.75, 3.05) is 26.3 Å². The van der Waals surface area contributed by atoms with Gasteiger partial charge in [-0.3, -0.25) is 19.4 Å². The monoisotopic (exact) mass is 555 g/mol. The van der Waals surface area contributed by atoms with Gasteiger partial charge in [-0.2, -0.15) is 0 Å². The molecule has 11 nitrogen and oxygen atoms in total. The highest BCUT2D eigenvalue weighted by molar-refractivity contribution is 6.48. The minimum Gasteiger partial charge on any atom is -0.404 e. The maximum Gasteiger partial charge on any atom is 0.481 e. The Kier molecular flexibility index (Phi) is 8.23. The first-order chi connectivity index (χ1) is 19.0. The highest BCUT2D eigenvalue weighted by Gasteiger charge is 2.68. The summed E-state index contributed by atoms with van der Waals surface area (Å²) in [5.74, 6) is -0.432. The van der Waals surface area contributed by atoms with Crippen LogP contribution in [0.1, 0.15) is 70.8 Å². The van der Waals surface area contributed by atoms with E-state index in [0.29, 0.717) is 44.6 Å². The molecule has 0 aromatic carbocycles. The molecule has 5 fully saturated rings. The van der Waals surface area contributed by atoms with Crippen LogP contribution in [0.25, 0.3) is 0 Å². The molecule has 12 heteroatoms. The summed E-state index contributed by atoms with van der Waals surface area (Å²) in [5.41, 5.74) is -0.135. The lowest BCUT2D eigenvalue weighted by Gasteiger charge is -2.64. The zero-order valence-electron chi connectivity index (χ0n) is 24.2. The molecule has 3 amide bonds. The number of hydrogen-bond donors (Lipinski definition) is 2. The second kappa shape index (κ2) is 11.4. The van der Waals surface area contributed by atoms with Crippen LogP contribution in [-0.2, 0) is 23.6 Å². The van der Waals surface area contributed by atoms with Crippen LogP contribution in [0, 0.1) is 23.2 Å². The van der Waals surface area contributed by atoms with Gasteiger partial charge in [-0.25, -0.2) is 4.98 Å². The molecule has 6 atom stereocenters. The first-order valence-corrected chi connectivity index (χ1v) is 14.5. The Morgan fingerprint density at radius 3 is 2.52 bits per heavy atom. The molecule has 1 unspecified atom stereocenters. The fraction of sp³-hybridized carbons (Fsp3) is 0.750. The molecule has 40 heavy (non-hydrogen) atoms. The first-order valence-electron chi connectivity index (χ1n) is 14.5. The van der Waals surface area contributed by atoms with Crippen molar-refractivity contribution in [1.82, 2.24) is 25.5 Å². The normalized spacial score (nSPS) is 30.2. The maximum absolute atomic E-state index is 13.8. The van der Waals surface area contributed by atoms with Crippen molar-refractivity contribution in [3.05, 3.63) is 24.3 Å². The highest BCUT2D eigenvalue weighted by Crippen LogP contribution is 2.65. The molecular formula is C28H42BN5O6. The standard InChI is InChI=1S/C28H42BN5O6/c1-17(2)12-23(29-39-22-14-18-13-21(27(18,3)4)28(22,5)40-29)33-25(36)19(15-24(35)34-8-10-38-11-9-34)32-26(37)20-16-30-6-7-31-20/h6-7,16-19,21-23H,8-15H2,1-5H3,(H,32,37)(H,33,36)/t18-,19?,21-,22+,23-,28-/m0/s1. The maximum atomic E-state index is 13.8. The number of ether oxygens (including phenoxy) is 1. The zero-order chi connectivity index (χ0) is 28.7. The number of rotatable bonds is 9. The van der Waals surface area contributed by atoms with Gasteiger partial charge in [-0.1, -0.05) is 27.7 Å². The summed E-state index contributed by atoms with van der Waals surface area (Å²) in [7, 11) is -0.609. The summed E-state index contributed by atoms with van der Waals surface area (Å²) < 4.78 is 18.5. The summed E-state index contributed by atoms with van der Waals surface area (Å²) in [6.45, 7) is 12.7. The number of nitrogens with zero attached hydrogens (tertiary/aromatic N) is 3. The molecule has 2 bridgehead atoms. The number of carbonyl (C=O) groups excluding carboxylic acids is 3. The largest absolute Gasteiger partial charge is 0.481 e. The molecule has 3 heterocycles. The third kappa shape index (κ3) is 5.62. The van der Waals surface area contributed by atoms with Crippen molar-refractivity contribution in [3.63, 3.8) is 0 Å². The van der Waals surface area contributed by atoms with Gasteiger partial charge in [-0.05, 0) is 49.4 Å². The lowest BCUT2D eigenvalue weighted by atomic mass is 9.43. The molecule has 0 radical (unpaired) electrons. The van der Waals surface area contributed by atoms with E-state index in [-0.39, 0.29) is 35.5 Å². The lowest BCUT2D eigenvalue weighted by Crippen LogP contribution is -2.65. The van der Waals surface area contributed by atoms with Crippen LogP contribution in [0.3, 0.4) is 0 Å². The van der Waals surface area contributed by atoms with Crippen LogP contribution in [0.15, 0.2) is 18.6 Å². The van der Waals surface area contributed by atoms with Crippen LogP contribution in [0.4, 0.5) is 0 Å². The van der Waals surface area contributed by atoms with Crippen molar-refractivity contribution < 1.29 is 28.4 Å². The van der Waals surface area contributed by atoms with Crippen molar-refractivity contribution in [2.24, 2.45) is 23.2 Å². The fourth-order valence-electron chi connectivity index (χ4n) is 7.07. The van der Waals surface area contributed by atoms with Gasteiger partial charge in [0.2, 0.25) is 11.8 Å². The Labute approximate surface area is 236 Å². The van der Waals surface area contributed by atoms with Crippen LogP contribution in [0.2, 0.25) is 0 Å². The molecule has 5 aliphatic rings. The Balaban J connectivity index is 1.32. The second-order valence-electron chi connectivity index (χ2n) is 12.9. The van der Waals surface area contributed by atoms with E-state index in [1.807, 2.05) is 0 Å². The van der Waals surface area contributed by atoms with Gasteiger partial charge >= 0.3 is 7.12 Å². The molecule has 3 aliphatic carbocycles. The number of amides is 3. The van der Waals surface area contributed by atoms with Crippen LogP contribution >= 0.6 is 0 Å². The van der Waals surface area contributed by atoms with Gasteiger partial charge in [0, 0.05) is 25.5 Å². The van der Waals surface area contributed by atoms with Gasteiger partial charge in [-0.15, -0.1) is 0 Å². The molecule has 2 saturated heterocycles. The summed E-state index contributed by atoms with van der Waals surface area (Å²) in [6, 6.07) is -1.11. The second-order valence-corrected chi connectivity index (χ2v) is 12.9. The molecule has 1 aromatic rings. The third-order valence-electron chi connectivity index (χ3n) is 9.51. The highest BCUT2D eigenvalue weighted by atomic mass is 16.7. The quantitative estimate of drug-likeness (QED) is 0.440. The van der Waals surface area contributed by atoms with E-state index in [9.17, 15) is 14.4 Å². The average molecular weight is 555 g/mol. The number of hydrogen-bond acceptors (Lipinski definition) is 8. The van der Waals surface area contributed by atoms with Crippen molar-refractivity contribution in [3.8, 4) is 0 Å². The Morgan fingerprint density at radius 2 is 1.88 bits per heavy atom. The van der Waals surface area contributed by atoms with E-state index in [1.54, 1.807) is 4.90 Å². The average Bonchev–Trinajstić information content (AvgIpc) is 3.30. The van der Waals surface area contributed by atoms with Gasteiger partial charge in [0.1, 0.15) is 11.7 Å². The van der Waals surface area contributed by atoms with Crippen LogP contribution in [-0.4, -0.2) is 89.7 Å². The number of morpholine rings is 1. The molecule has 3 saturated carbocycles. The number of aromatic nitrogens is 2. The van der Waals surface area contributed by atoms with E-state index < -0.39 is 36.5 Å². The molecule has 1 aromatic heterocycles. The van der Waals surface area contributed by atoms with Crippen molar-refractivity contribution in [2.45, 2.75) is 84.0 Å². The summed E-state index contributed by atoms with van der Waals surface area (Å²) in [4.78, 5) is 49.5. The van der Waals surface area contributed by atoms with E-state index in [2.05, 4.69) is 55.2 Å². The van der Waals surface area contributed by atoms with Gasteiger partial charge in [0.15, 0.2) is 0 Å². The van der Waals surface area contributed by atoms with Crippen molar-refractivity contribution in [1.29, 1.82) is 0 Å². The first kappa shape index (κ1) is 28.9. The molecule has 6 rings (SSSR count). The SMILES string of the molecule is CC(C)C[C@H](NC(=O)C(CC(=O)N1CCOCC1)NC(=O)c1cnccn1)B1O[C@@H]2C[C@@H]3C[C@@H](C3(C)C)[C@]2(C)O1. The summed E-state index contributed by atoms with van der Waals surface area (Å²) in [6.07, 6.45) is 6.70. The van der Waals surface area contributed by atoms with E-state index in [1.165, 1.54) is 18.6 Å². The number of nitrogens with one attached hydrogen (secondary N) is 2. The summed E-state index contributed by atoms with van der Waals surface area (Å²) in [5, 5.41) is 5.82. The van der Waals surface area contributed by atoms with Gasteiger partial charge < -0.3 is 29.6 Å². The minimum absolute atomic E-state index is 0.0177. The van der Waals surface area contributed by atoms with Crippen LogP contribution < -0.4 is 10.6 Å². The Bertz CT molecular complexity index is 1100. The Morgan fingerprint density at radius 1 is 1.12 bits per heavy atom. The summed E-state index contributed by atoms with van der Waals surface area (Å²) >= 11 is 0. The predicted molar refractivity (Wildman–Crippen MR) is 147 cm³/mol. The molecular weight excluding hydrogens is 513 g/mol. The lowest BCUT2D eigenvalue weighted by molar-refractivity contribution is -0.199. The number of carbonyl (C=O) groups is 3. The van der Waals surface area contributed by atoms with Crippen LogP contribution in [0.5, 0.6) is 0 Å². The van der Waals surface area contributed by atoms with E-state index in [4.69, 9.17) is 14.0 Å². The molecule has 2 N–H and O–H groups in total. The Hall–Kier alpha value is -2.57. The molecule has 218 valence electrons. The predicted octanol–water partition coefficient (Wildman–Crippen LogP) is 1.62. The topological polar surface area (TPSA) is 132 Å². The van der Waals surface area contributed by atoms with Crippen molar-refractivity contribution >= 4 is 24.8 Å². The fourth-order valence-corrected chi connectivity index (χ4v) is 7.07. The zero-order valence-corrected chi connectivity index (χ0v) is 24.2. The minimum atomic E-state index is -1.11. The molecule has 0 spiro atoms. The third-order valence-corrected chi connectivity index (χ3v) is 9.51. The van der Waals surface area contributed by atoms with E-state index >= 15 is 0 Å². The van der Waals surface area contributed by atoms with Gasteiger partial charge in [0.05, 0.1) is 43.5 Å². The van der Waals surface area contributed by atoms with E-state index in [0.717, 1.165) is 12.8 Å². The molecule has 2 aliphatic heterocycles. The van der Waals surface area contributed by atoms with Gasteiger partial charge in [0.25, 0.3) is 5.91 Å².